The van der Waals surface area contributed by atoms with Gasteiger partial charge in [0.1, 0.15) is 23.1 Å². The molecule has 2 aromatic rings. The summed E-state index contributed by atoms with van der Waals surface area (Å²) in [6.45, 7) is 2.75. The molecule has 0 radical (unpaired) electrons. The molecule has 190 valence electrons. The van der Waals surface area contributed by atoms with Gasteiger partial charge in [-0.3, -0.25) is 5.41 Å². The number of nitrogens with two attached hydrogens (primary N) is 1. The van der Waals surface area contributed by atoms with E-state index in [1.165, 1.54) is 36.8 Å². The number of benzene rings is 2. The molecule has 0 saturated carbocycles. The fourth-order valence-electron chi connectivity index (χ4n) is 3.65. The predicted octanol–water partition coefficient (Wildman–Crippen LogP) is 4.10. The summed E-state index contributed by atoms with van der Waals surface area (Å²) in [6.07, 6.45) is -0.601. The lowest BCUT2D eigenvalue weighted by Gasteiger charge is -2.26. The number of ether oxygens (including phenoxy) is 1. The largest absolute Gasteiger partial charge is 0.507 e. The van der Waals surface area contributed by atoms with E-state index in [-0.39, 0.29) is 22.8 Å². The lowest BCUT2D eigenvalue weighted by molar-refractivity contribution is -0.138. The van der Waals surface area contributed by atoms with E-state index in [1.54, 1.807) is 0 Å². The second-order valence-electron chi connectivity index (χ2n) is 8.07. The number of likely N-dealkylation sites (tertiary alicyclic amines) is 1. The Morgan fingerprint density at radius 2 is 1.80 bits per heavy atom. The second-order valence-corrected chi connectivity index (χ2v) is 9.83. The van der Waals surface area contributed by atoms with E-state index in [2.05, 4.69) is 9.62 Å². The van der Waals surface area contributed by atoms with Crippen LogP contribution in [0.15, 0.2) is 53.4 Å². The quantitative estimate of drug-likeness (QED) is 0.228. The van der Waals surface area contributed by atoms with Gasteiger partial charge < -0.3 is 20.5 Å². The third-order valence-corrected chi connectivity index (χ3v) is 6.88. The summed E-state index contributed by atoms with van der Waals surface area (Å²) in [5.41, 5.74) is 3.79. The molecule has 1 fully saturated rings. The van der Waals surface area contributed by atoms with Crippen LogP contribution >= 0.6 is 0 Å². The van der Waals surface area contributed by atoms with Gasteiger partial charge in [-0.25, -0.2) is 13.1 Å². The van der Waals surface area contributed by atoms with Crippen molar-refractivity contribution in [3.63, 3.8) is 0 Å². The summed E-state index contributed by atoms with van der Waals surface area (Å²) in [5, 5.41) is 17.0. The molecule has 0 spiro atoms. The summed E-state index contributed by atoms with van der Waals surface area (Å²) in [7, 11) is -3.78. The number of sulfonamides is 1. The van der Waals surface area contributed by atoms with E-state index < -0.39 is 39.1 Å². The first-order chi connectivity index (χ1) is 16.5. The molecule has 1 aliphatic rings. The first-order valence-electron chi connectivity index (χ1n) is 10.9. The number of halogens is 3. The van der Waals surface area contributed by atoms with Crippen LogP contribution in [0.3, 0.4) is 0 Å². The molecular formula is C23H27F3N4O4S. The zero-order chi connectivity index (χ0) is 25.6. The van der Waals surface area contributed by atoms with Crippen molar-refractivity contribution < 1.29 is 31.4 Å². The van der Waals surface area contributed by atoms with Crippen molar-refractivity contribution in [1.82, 2.24) is 9.62 Å². The number of nitrogens with zero attached hydrogens (tertiary/aromatic N) is 1. The Balaban J connectivity index is 1.72. The first kappa shape index (κ1) is 26.5. The summed E-state index contributed by atoms with van der Waals surface area (Å²) in [4.78, 5) is 2.16. The van der Waals surface area contributed by atoms with Crippen LogP contribution in [0.4, 0.5) is 13.2 Å². The third kappa shape index (κ3) is 7.44. The Labute approximate surface area is 201 Å². The minimum absolute atomic E-state index is 0.000910. The van der Waals surface area contributed by atoms with Crippen molar-refractivity contribution >= 4 is 21.6 Å². The van der Waals surface area contributed by atoms with Crippen LogP contribution in [-0.2, 0) is 16.2 Å². The highest BCUT2D eigenvalue weighted by molar-refractivity contribution is 7.89. The van der Waals surface area contributed by atoms with Crippen molar-refractivity contribution in [2.75, 3.05) is 26.2 Å². The molecule has 35 heavy (non-hydrogen) atoms. The number of aliphatic hydroxyl groups is 1. The van der Waals surface area contributed by atoms with Crippen LogP contribution < -0.4 is 15.2 Å². The molecule has 0 aliphatic carbocycles. The van der Waals surface area contributed by atoms with Gasteiger partial charge >= 0.3 is 6.18 Å². The Morgan fingerprint density at radius 3 is 2.40 bits per heavy atom. The highest BCUT2D eigenvalue weighted by Crippen LogP contribution is 2.39. The Kier molecular flexibility index (Phi) is 8.41. The van der Waals surface area contributed by atoms with Gasteiger partial charge in [0, 0.05) is 24.7 Å². The maximum absolute atomic E-state index is 13.6. The number of rotatable bonds is 9. The number of piperidine rings is 1. The highest BCUT2D eigenvalue weighted by Gasteiger charge is 2.35. The lowest BCUT2D eigenvalue weighted by atomic mass is 10.1. The van der Waals surface area contributed by atoms with Gasteiger partial charge in [0.15, 0.2) is 0 Å². The Hall–Kier alpha value is -3.09. The van der Waals surface area contributed by atoms with Gasteiger partial charge in [-0.15, -0.1) is 0 Å². The van der Waals surface area contributed by atoms with Crippen molar-refractivity contribution in [2.45, 2.75) is 30.3 Å². The van der Waals surface area contributed by atoms with Crippen molar-refractivity contribution in [3.8, 4) is 11.5 Å². The van der Waals surface area contributed by atoms with Crippen molar-refractivity contribution in [3.05, 3.63) is 59.7 Å². The van der Waals surface area contributed by atoms with Crippen molar-refractivity contribution in [2.24, 2.45) is 5.73 Å². The SMILES string of the molecule is N=C(N)C=C(O)c1ccc(Oc2ccc(S(=O)(=O)NCCN3CCCCC3)cc2)c(C(F)(F)F)c1. The van der Waals surface area contributed by atoms with Gasteiger partial charge in [0.05, 0.1) is 10.5 Å². The van der Waals surface area contributed by atoms with Gasteiger partial charge in [0.2, 0.25) is 10.0 Å². The number of amidine groups is 1. The Bertz CT molecular complexity index is 1180. The molecule has 0 atom stereocenters. The van der Waals surface area contributed by atoms with E-state index in [4.69, 9.17) is 15.9 Å². The maximum atomic E-state index is 13.6. The van der Waals surface area contributed by atoms with Gasteiger partial charge in [0.25, 0.3) is 0 Å². The molecule has 0 bridgehead atoms. The molecule has 12 heteroatoms. The van der Waals surface area contributed by atoms with E-state index in [9.17, 15) is 26.7 Å². The molecule has 1 heterocycles. The molecule has 1 saturated heterocycles. The maximum Gasteiger partial charge on any atom is 0.420 e. The molecular weight excluding hydrogens is 485 g/mol. The molecule has 0 aromatic heterocycles. The standard InChI is InChI=1S/C23H27F3N4O4S/c24-23(25,26)19-14-16(20(31)15-22(27)28)4-9-21(19)34-17-5-7-18(8-6-17)35(32,33)29-10-13-30-11-2-1-3-12-30/h4-9,14-15,29,31H,1-3,10-13H2,(H3,27,28). The zero-order valence-electron chi connectivity index (χ0n) is 18.8. The minimum Gasteiger partial charge on any atom is -0.507 e. The van der Waals surface area contributed by atoms with Crippen LogP contribution in [-0.4, -0.2) is 50.4 Å². The number of hydrogen-bond donors (Lipinski definition) is 4. The van der Waals surface area contributed by atoms with Crippen molar-refractivity contribution in [1.29, 1.82) is 5.41 Å². The monoisotopic (exact) mass is 512 g/mol. The summed E-state index contributed by atoms with van der Waals surface area (Å²) in [5.74, 6) is -1.66. The molecule has 1 aliphatic heterocycles. The normalized spacial score (nSPS) is 15.7. The molecule has 8 nitrogen and oxygen atoms in total. The molecule has 0 unspecified atom stereocenters. The number of nitrogens with one attached hydrogen (secondary N) is 2. The van der Waals surface area contributed by atoms with Crippen LogP contribution in [0.5, 0.6) is 11.5 Å². The van der Waals surface area contributed by atoms with Gasteiger partial charge in [-0.05, 0) is 68.4 Å². The third-order valence-electron chi connectivity index (χ3n) is 5.40. The smallest absolute Gasteiger partial charge is 0.420 e. The Morgan fingerprint density at radius 1 is 1.14 bits per heavy atom. The topological polar surface area (TPSA) is 129 Å². The molecule has 5 N–H and O–H groups in total. The fourth-order valence-corrected chi connectivity index (χ4v) is 4.67. The van der Waals surface area contributed by atoms with E-state index in [0.717, 1.165) is 38.1 Å². The summed E-state index contributed by atoms with van der Waals surface area (Å²) >= 11 is 0. The number of hydrogen-bond acceptors (Lipinski definition) is 6. The lowest BCUT2D eigenvalue weighted by Crippen LogP contribution is -2.37. The average molecular weight is 513 g/mol. The van der Waals surface area contributed by atoms with Crippen LogP contribution in [0, 0.1) is 5.41 Å². The predicted molar refractivity (Wildman–Crippen MR) is 126 cm³/mol. The second kappa shape index (κ2) is 11.1. The van der Waals surface area contributed by atoms with E-state index in [1.807, 2.05) is 0 Å². The molecule has 3 rings (SSSR count). The highest BCUT2D eigenvalue weighted by atomic mass is 32.2. The first-order valence-corrected chi connectivity index (χ1v) is 12.4. The molecule has 2 aromatic carbocycles. The van der Waals surface area contributed by atoms with E-state index in [0.29, 0.717) is 12.6 Å². The van der Waals surface area contributed by atoms with Crippen LogP contribution in [0.2, 0.25) is 0 Å². The fraction of sp³-hybridized carbons (Fsp3) is 0.348. The van der Waals surface area contributed by atoms with Gasteiger partial charge in [-0.1, -0.05) is 6.42 Å². The molecule has 0 amide bonds. The van der Waals surface area contributed by atoms with Gasteiger partial charge in [-0.2, -0.15) is 13.2 Å². The van der Waals surface area contributed by atoms with Crippen LogP contribution in [0.25, 0.3) is 5.76 Å². The average Bonchev–Trinajstić information content (AvgIpc) is 2.79. The minimum atomic E-state index is -4.80. The summed E-state index contributed by atoms with van der Waals surface area (Å²) < 4.78 is 73.8. The summed E-state index contributed by atoms with van der Waals surface area (Å²) in [6, 6.07) is 7.92. The van der Waals surface area contributed by atoms with E-state index >= 15 is 0 Å². The zero-order valence-corrected chi connectivity index (χ0v) is 19.6. The number of alkyl halides is 3. The number of aliphatic hydroxyl groups excluding tert-OH is 1. The van der Waals surface area contributed by atoms with Crippen LogP contribution in [0.1, 0.15) is 30.4 Å².